The lowest BCUT2D eigenvalue weighted by atomic mass is 10.0. The van der Waals surface area contributed by atoms with E-state index in [1.165, 1.54) is 32.1 Å². The average molecular weight is 373 g/mol. The molecular formula is C21H32N4O2. The zero-order valence-corrected chi connectivity index (χ0v) is 16.1. The summed E-state index contributed by atoms with van der Waals surface area (Å²) in [6, 6.07) is 7.26. The number of carbonyl (C=O) groups excluding carboxylic acids is 2. The normalized spacial score (nSPS) is 21.7. The van der Waals surface area contributed by atoms with Gasteiger partial charge in [-0.3, -0.25) is 14.5 Å². The van der Waals surface area contributed by atoms with Crippen molar-refractivity contribution < 1.29 is 9.59 Å². The predicted octanol–water partition coefficient (Wildman–Crippen LogP) is 2.97. The molecule has 2 aliphatic heterocycles. The summed E-state index contributed by atoms with van der Waals surface area (Å²) in [6.07, 6.45) is 9.32. The Morgan fingerprint density at radius 1 is 0.889 bits per heavy atom. The lowest BCUT2D eigenvalue weighted by Gasteiger charge is -2.23. The highest BCUT2D eigenvalue weighted by Crippen LogP contribution is 2.16. The van der Waals surface area contributed by atoms with Gasteiger partial charge in [-0.25, -0.2) is 0 Å². The minimum Gasteiger partial charge on any atom is -0.325 e. The number of carbonyl (C=O) groups is 2. The van der Waals surface area contributed by atoms with Crippen molar-refractivity contribution in [1.29, 1.82) is 0 Å². The van der Waals surface area contributed by atoms with Crippen molar-refractivity contribution in [2.45, 2.75) is 57.4 Å². The molecule has 6 nitrogen and oxygen atoms in total. The van der Waals surface area contributed by atoms with Crippen molar-refractivity contribution in [3.8, 4) is 0 Å². The van der Waals surface area contributed by atoms with Gasteiger partial charge in [0.15, 0.2) is 0 Å². The van der Waals surface area contributed by atoms with Crippen molar-refractivity contribution in [3.63, 3.8) is 0 Å². The second-order valence-electron chi connectivity index (χ2n) is 7.66. The van der Waals surface area contributed by atoms with Crippen LogP contribution in [-0.2, 0) is 9.59 Å². The highest BCUT2D eigenvalue weighted by Gasteiger charge is 2.20. The van der Waals surface area contributed by atoms with Crippen molar-refractivity contribution in [2.24, 2.45) is 0 Å². The van der Waals surface area contributed by atoms with Crippen LogP contribution in [0.5, 0.6) is 0 Å². The molecule has 1 aromatic carbocycles. The van der Waals surface area contributed by atoms with Gasteiger partial charge in [-0.05, 0) is 69.6 Å². The lowest BCUT2D eigenvalue weighted by Crippen LogP contribution is -2.43. The number of hydrogen-bond acceptors (Lipinski definition) is 4. The van der Waals surface area contributed by atoms with Crippen molar-refractivity contribution in [3.05, 3.63) is 24.3 Å². The van der Waals surface area contributed by atoms with Crippen molar-refractivity contribution in [1.82, 2.24) is 10.2 Å². The molecule has 1 atom stereocenters. The van der Waals surface area contributed by atoms with Crippen LogP contribution >= 0.6 is 0 Å². The Morgan fingerprint density at radius 3 is 2.15 bits per heavy atom. The molecule has 0 aromatic heterocycles. The van der Waals surface area contributed by atoms with Gasteiger partial charge in [-0.15, -0.1) is 0 Å². The molecule has 6 heteroatoms. The number of anilines is 2. The summed E-state index contributed by atoms with van der Waals surface area (Å²) in [5.74, 6) is 0.0438. The molecule has 3 N–H and O–H groups in total. The summed E-state index contributed by atoms with van der Waals surface area (Å²) in [4.78, 5) is 26.8. The standard InChI is InChI=1S/C21H32N4O2/c26-20(16-25-14-6-2-1-3-7-15-25)23-17-9-11-18(12-10-17)24-21(27)19-8-4-5-13-22-19/h9-12,19,22H,1-8,13-16H2,(H,23,26)(H,24,27)/t19-/m1/s1. The third-order valence-electron chi connectivity index (χ3n) is 5.38. The maximum Gasteiger partial charge on any atom is 0.241 e. The van der Waals surface area contributed by atoms with Gasteiger partial charge in [0, 0.05) is 11.4 Å². The summed E-state index contributed by atoms with van der Waals surface area (Å²) < 4.78 is 0. The molecule has 0 unspecified atom stereocenters. The first-order valence-corrected chi connectivity index (χ1v) is 10.4. The summed E-state index contributed by atoms with van der Waals surface area (Å²) in [7, 11) is 0. The first-order valence-electron chi connectivity index (χ1n) is 10.4. The first kappa shape index (κ1) is 19.8. The van der Waals surface area contributed by atoms with Crippen molar-refractivity contribution >= 4 is 23.2 Å². The van der Waals surface area contributed by atoms with E-state index >= 15 is 0 Å². The minimum absolute atomic E-state index is 0.0172. The number of nitrogens with one attached hydrogen (secondary N) is 3. The molecule has 2 aliphatic rings. The minimum atomic E-state index is -0.101. The highest BCUT2D eigenvalue weighted by atomic mass is 16.2. The molecule has 2 heterocycles. The molecule has 0 saturated carbocycles. The van der Waals surface area contributed by atoms with Crippen LogP contribution in [0.2, 0.25) is 0 Å². The number of piperidine rings is 1. The van der Waals surface area contributed by atoms with E-state index in [0.29, 0.717) is 6.54 Å². The van der Waals surface area contributed by atoms with Crippen LogP contribution in [0.3, 0.4) is 0 Å². The summed E-state index contributed by atoms with van der Waals surface area (Å²) in [6.45, 7) is 3.37. The van der Waals surface area contributed by atoms with Crippen LogP contribution < -0.4 is 16.0 Å². The molecule has 1 aromatic rings. The van der Waals surface area contributed by atoms with Gasteiger partial charge in [0.05, 0.1) is 12.6 Å². The van der Waals surface area contributed by atoms with Crippen LogP contribution in [0.15, 0.2) is 24.3 Å². The largest absolute Gasteiger partial charge is 0.325 e. The lowest BCUT2D eigenvalue weighted by molar-refractivity contribution is -0.119. The van der Waals surface area contributed by atoms with Crippen molar-refractivity contribution in [2.75, 3.05) is 36.8 Å². The molecule has 0 aliphatic carbocycles. The third-order valence-corrected chi connectivity index (χ3v) is 5.38. The number of likely N-dealkylation sites (tertiary alicyclic amines) is 1. The van der Waals surface area contributed by atoms with E-state index in [0.717, 1.165) is 50.3 Å². The van der Waals surface area contributed by atoms with Gasteiger partial charge < -0.3 is 16.0 Å². The second-order valence-corrected chi connectivity index (χ2v) is 7.66. The van der Waals surface area contributed by atoms with E-state index in [2.05, 4.69) is 20.9 Å². The molecule has 27 heavy (non-hydrogen) atoms. The van der Waals surface area contributed by atoms with E-state index in [-0.39, 0.29) is 17.9 Å². The Morgan fingerprint density at radius 2 is 1.52 bits per heavy atom. The Bertz CT molecular complexity index is 603. The SMILES string of the molecule is O=C(CN1CCCCCCC1)Nc1ccc(NC(=O)[C@H]2CCCCN2)cc1. The average Bonchev–Trinajstić information content (AvgIpc) is 2.66. The van der Waals surface area contributed by atoms with Crippen LogP contribution in [0.1, 0.15) is 51.4 Å². The Hall–Kier alpha value is -1.92. The number of amides is 2. The van der Waals surface area contributed by atoms with Crippen LogP contribution in [0.25, 0.3) is 0 Å². The molecule has 3 rings (SSSR count). The fourth-order valence-electron chi connectivity index (χ4n) is 3.82. The fraction of sp³-hybridized carbons (Fsp3) is 0.619. The maximum absolute atomic E-state index is 12.3. The van der Waals surface area contributed by atoms with Crippen LogP contribution in [-0.4, -0.2) is 48.9 Å². The Balaban J connectivity index is 1.45. The van der Waals surface area contributed by atoms with Gasteiger partial charge >= 0.3 is 0 Å². The Labute approximate surface area is 162 Å². The number of nitrogens with zero attached hydrogens (tertiary/aromatic N) is 1. The smallest absolute Gasteiger partial charge is 0.241 e. The van der Waals surface area contributed by atoms with E-state index in [1.54, 1.807) is 0 Å². The second kappa shape index (κ2) is 10.4. The molecule has 0 spiro atoms. The number of rotatable bonds is 5. The molecule has 2 saturated heterocycles. The first-order chi connectivity index (χ1) is 13.2. The zero-order valence-electron chi connectivity index (χ0n) is 16.1. The number of benzene rings is 1. The molecule has 2 amide bonds. The fourth-order valence-corrected chi connectivity index (χ4v) is 3.82. The van der Waals surface area contributed by atoms with E-state index < -0.39 is 0 Å². The Kier molecular flexibility index (Phi) is 7.66. The van der Waals surface area contributed by atoms with Gasteiger partial charge in [0.2, 0.25) is 11.8 Å². The summed E-state index contributed by atoms with van der Waals surface area (Å²) in [5, 5.41) is 9.16. The topological polar surface area (TPSA) is 73.5 Å². The third kappa shape index (κ3) is 6.63. The number of hydrogen-bond donors (Lipinski definition) is 3. The van der Waals surface area contributed by atoms with Gasteiger partial charge in [0.25, 0.3) is 0 Å². The molecule has 148 valence electrons. The summed E-state index contributed by atoms with van der Waals surface area (Å²) >= 11 is 0. The van der Waals surface area contributed by atoms with Gasteiger partial charge in [0.1, 0.15) is 0 Å². The van der Waals surface area contributed by atoms with Crippen LogP contribution in [0, 0.1) is 0 Å². The predicted molar refractivity (Wildman–Crippen MR) is 109 cm³/mol. The van der Waals surface area contributed by atoms with E-state index in [1.807, 2.05) is 24.3 Å². The molecular weight excluding hydrogens is 340 g/mol. The zero-order chi connectivity index (χ0) is 18.9. The van der Waals surface area contributed by atoms with Gasteiger partial charge in [-0.1, -0.05) is 25.7 Å². The monoisotopic (exact) mass is 372 g/mol. The molecule has 0 radical (unpaired) electrons. The molecule has 2 fully saturated rings. The molecule has 0 bridgehead atoms. The summed E-state index contributed by atoms with van der Waals surface area (Å²) in [5.41, 5.74) is 1.52. The van der Waals surface area contributed by atoms with E-state index in [4.69, 9.17) is 0 Å². The van der Waals surface area contributed by atoms with E-state index in [9.17, 15) is 9.59 Å². The van der Waals surface area contributed by atoms with Gasteiger partial charge in [-0.2, -0.15) is 0 Å². The highest BCUT2D eigenvalue weighted by molar-refractivity contribution is 5.96. The quantitative estimate of drug-likeness (QED) is 0.743. The maximum atomic E-state index is 12.3. The van der Waals surface area contributed by atoms with Crippen LogP contribution in [0.4, 0.5) is 11.4 Å².